The molecule has 2 aliphatic carbocycles. The van der Waals surface area contributed by atoms with Gasteiger partial charge in [0.2, 0.25) is 23.6 Å². The third-order valence-electron chi connectivity index (χ3n) is 11.1. The molecule has 0 bridgehead atoms. The Labute approximate surface area is 500 Å². The minimum Gasteiger partial charge on any atom is -0.465 e. The zero-order chi connectivity index (χ0) is 65.6. The minimum absolute atomic E-state index is 0.0153. The highest BCUT2D eigenvalue weighted by Crippen LogP contribution is 2.38. The number of methoxy groups -OCH3 is 2. The van der Waals surface area contributed by atoms with E-state index in [4.69, 9.17) is 33.2 Å². The van der Waals surface area contributed by atoms with Gasteiger partial charge in [0.1, 0.15) is 12.7 Å². The molecule has 5 fully saturated rings. The number of hydrogen-bond donors (Lipinski definition) is 1. The quantitative estimate of drug-likeness (QED) is 0.0937. The van der Waals surface area contributed by atoms with Gasteiger partial charge in [0, 0.05) is 66.6 Å². The average molecular weight is 1160 g/mol. The zero-order valence-electron chi connectivity index (χ0n) is 59.8. The van der Waals surface area contributed by atoms with Crippen molar-refractivity contribution in [1.29, 1.82) is 0 Å². The summed E-state index contributed by atoms with van der Waals surface area (Å²) in [7, 11) is 3.47. The molecule has 3 heterocycles. The first-order valence-corrected chi connectivity index (χ1v) is 32.6. The van der Waals surface area contributed by atoms with Crippen molar-refractivity contribution < 1.29 is 57.1 Å². The molecule has 2 saturated carbocycles. The van der Waals surface area contributed by atoms with E-state index in [1.807, 2.05) is 144 Å². The van der Waals surface area contributed by atoms with Gasteiger partial charge in [-0.3, -0.25) is 34.2 Å². The number of hydrogen-bond acceptors (Lipinski definition) is 12. The molecule has 4 amide bonds. The second kappa shape index (κ2) is 83.0. The number of rotatable bonds is 15. The Balaban J connectivity index is -0.0000000768. The number of nitrogens with zero attached hydrogens (tertiary/aromatic N) is 1. The summed E-state index contributed by atoms with van der Waals surface area (Å²) in [4.78, 5) is 55.7. The summed E-state index contributed by atoms with van der Waals surface area (Å²) in [5.41, 5.74) is 0.484. The van der Waals surface area contributed by atoms with Crippen molar-refractivity contribution in [1.82, 2.24) is 10.2 Å². The van der Waals surface area contributed by atoms with Gasteiger partial charge in [-0.25, -0.2) is 0 Å². The normalized spacial score (nSPS) is 17.8. The van der Waals surface area contributed by atoms with Crippen molar-refractivity contribution in [2.75, 3.05) is 80.3 Å². The Morgan fingerprint density at radius 3 is 1.18 bits per heavy atom. The van der Waals surface area contributed by atoms with Gasteiger partial charge in [-0.15, -0.1) is 0 Å². The summed E-state index contributed by atoms with van der Waals surface area (Å²) in [6.07, 6.45) is 13.7. The van der Waals surface area contributed by atoms with Crippen LogP contribution in [0.2, 0.25) is 0 Å². The van der Waals surface area contributed by atoms with E-state index in [-0.39, 0.29) is 47.0 Å². The third kappa shape index (κ3) is 64.7. The Bertz CT molecular complexity index is 1150. The van der Waals surface area contributed by atoms with Crippen LogP contribution in [0.1, 0.15) is 285 Å². The van der Waals surface area contributed by atoms with Crippen LogP contribution in [0.15, 0.2) is 0 Å². The summed E-state index contributed by atoms with van der Waals surface area (Å²) >= 11 is 0. The summed E-state index contributed by atoms with van der Waals surface area (Å²) in [5.74, 6) is 0.433. The van der Waals surface area contributed by atoms with E-state index in [1.54, 1.807) is 14.2 Å². The summed E-state index contributed by atoms with van der Waals surface area (Å²) in [5, 5.41) is 2.03. The molecule has 0 aromatic heterocycles. The van der Waals surface area contributed by atoms with Gasteiger partial charge >= 0.3 is 5.97 Å². The van der Waals surface area contributed by atoms with Crippen LogP contribution in [-0.4, -0.2) is 127 Å². The SMILES string of the molecule is CC.CC.CC.CC.CC.CC.CC.CC.CC.CC.CC(=O)N(C(C)=O)C1CCCCC1.CC(=O)NC(C)=O.CCC.CCC1(COC(=O)C2CC(C)CC2C)COC1.CCC1(COC)COC1.COCCCCOCC1CO1. The van der Waals surface area contributed by atoms with Crippen LogP contribution in [0.5, 0.6) is 0 Å². The molecule has 14 heteroatoms. The highest BCUT2D eigenvalue weighted by atomic mass is 16.6. The van der Waals surface area contributed by atoms with E-state index in [0.29, 0.717) is 30.0 Å². The number of ether oxygens (including phenoxy) is 7. The topological polar surface area (TPSA) is 169 Å². The van der Waals surface area contributed by atoms with E-state index >= 15 is 0 Å². The van der Waals surface area contributed by atoms with Gasteiger partial charge in [-0.2, -0.15) is 0 Å². The molecule has 492 valence electrons. The van der Waals surface area contributed by atoms with E-state index in [1.165, 1.54) is 51.9 Å². The maximum atomic E-state index is 12.0. The maximum absolute atomic E-state index is 12.0. The number of esters is 1. The Kier molecular flexibility index (Phi) is 106. The van der Waals surface area contributed by atoms with Crippen molar-refractivity contribution in [2.45, 2.75) is 297 Å². The van der Waals surface area contributed by atoms with Gasteiger partial charge in [0.15, 0.2) is 0 Å². The molecular weight excluding hydrogens is 1010 g/mol. The molecule has 3 aliphatic heterocycles. The third-order valence-corrected chi connectivity index (χ3v) is 11.1. The molecule has 0 radical (unpaired) electrons. The summed E-state index contributed by atoms with van der Waals surface area (Å²) in [6, 6.07) is 0.170. The van der Waals surface area contributed by atoms with Crippen LogP contribution < -0.4 is 5.32 Å². The molecule has 0 aromatic rings. The van der Waals surface area contributed by atoms with Crippen molar-refractivity contribution in [3.63, 3.8) is 0 Å². The number of unbranched alkanes of at least 4 members (excludes halogenated alkanes) is 1. The monoisotopic (exact) mass is 1160 g/mol. The van der Waals surface area contributed by atoms with Crippen LogP contribution in [0.3, 0.4) is 0 Å². The highest BCUT2D eigenvalue weighted by Gasteiger charge is 2.41. The summed E-state index contributed by atoms with van der Waals surface area (Å²) < 4.78 is 36.1. The van der Waals surface area contributed by atoms with Crippen molar-refractivity contribution in [3.05, 3.63) is 0 Å². The zero-order valence-corrected chi connectivity index (χ0v) is 59.8. The number of epoxide rings is 1. The fourth-order valence-corrected chi connectivity index (χ4v) is 7.24. The van der Waals surface area contributed by atoms with Crippen LogP contribution in [0.25, 0.3) is 0 Å². The Morgan fingerprint density at radius 2 is 0.925 bits per heavy atom. The maximum Gasteiger partial charge on any atom is 0.309 e. The smallest absolute Gasteiger partial charge is 0.309 e. The first kappa shape index (κ1) is 103. The molecular formula is C66H146N2O12. The molecule has 1 N–H and O–H groups in total. The van der Waals surface area contributed by atoms with E-state index in [2.05, 4.69) is 41.5 Å². The Hall–Kier alpha value is -2.49. The Morgan fingerprint density at radius 1 is 0.550 bits per heavy atom. The molecule has 80 heavy (non-hydrogen) atoms. The predicted molar refractivity (Wildman–Crippen MR) is 347 cm³/mol. The molecule has 4 unspecified atom stereocenters. The number of amides is 4. The second-order valence-corrected chi connectivity index (χ2v) is 17.3. The average Bonchev–Trinajstić information content (AvgIpc) is 4.24. The van der Waals surface area contributed by atoms with Crippen LogP contribution in [0.4, 0.5) is 0 Å². The van der Waals surface area contributed by atoms with E-state index in [0.717, 1.165) is 117 Å². The lowest BCUT2D eigenvalue weighted by Crippen LogP contribution is -2.46. The lowest BCUT2D eigenvalue weighted by molar-refractivity contribution is -0.174. The molecule has 5 aliphatic rings. The van der Waals surface area contributed by atoms with Crippen molar-refractivity contribution in [3.8, 4) is 0 Å². The number of nitrogens with one attached hydrogen (secondary N) is 1. The molecule has 0 spiro atoms. The van der Waals surface area contributed by atoms with E-state index < -0.39 is 0 Å². The number of carbonyl (C=O) groups excluding carboxylic acids is 5. The van der Waals surface area contributed by atoms with E-state index in [9.17, 15) is 24.0 Å². The molecule has 14 nitrogen and oxygen atoms in total. The standard InChI is InChI=1S/C14H24O3.C10H17NO2.C8H16O3.C7H14O2.C4H7NO2.C3H8.10C2H6/c1-4-14(7-16-8-14)9-17-13(15)12-6-10(2)5-11(12)3;1-8(12)11(9(2)13)10-6-4-3-5-7-10;1-9-4-2-3-5-10-6-8-7-11-8;1-3-7(4-8-2)5-9-6-7;1-3(6)5-4(2)7;1-3-2;10*1-2/h10-12H,4-9H2,1-3H3;10H,3-7H2,1-2H3;8H,2-7H2,1H3;3-6H2,1-2H3;1-2H3,(H,5,6,7);3H2,1-2H3;10*1-2H3. The van der Waals surface area contributed by atoms with Gasteiger partial charge < -0.3 is 33.2 Å². The highest BCUT2D eigenvalue weighted by molar-refractivity contribution is 5.93. The molecule has 4 atom stereocenters. The summed E-state index contributed by atoms with van der Waals surface area (Å²) in [6.45, 7) is 66.5. The van der Waals surface area contributed by atoms with Crippen LogP contribution in [-0.2, 0) is 57.1 Å². The fraction of sp³-hybridized carbons (Fsp3) is 0.924. The fourth-order valence-electron chi connectivity index (χ4n) is 7.24. The van der Waals surface area contributed by atoms with Gasteiger partial charge in [0.25, 0.3) is 0 Å². The lowest BCUT2D eigenvalue weighted by Gasteiger charge is -2.40. The predicted octanol–water partition coefficient (Wildman–Crippen LogP) is 17.6. The molecule has 0 aromatic carbocycles. The molecule has 5 rings (SSSR count). The van der Waals surface area contributed by atoms with Gasteiger partial charge in [-0.05, 0) is 63.2 Å². The minimum atomic E-state index is -0.312. The van der Waals surface area contributed by atoms with Crippen molar-refractivity contribution in [2.24, 2.45) is 28.6 Å². The van der Waals surface area contributed by atoms with Crippen molar-refractivity contribution >= 4 is 29.6 Å². The molecule has 3 saturated heterocycles. The van der Waals surface area contributed by atoms with Gasteiger partial charge in [0.05, 0.1) is 57.6 Å². The second-order valence-electron chi connectivity index (χ2n) is 17.3. The van der Waals surface area contributed by atoms with Crippen LogP contribution in [0, 0.1) is 28.6 Å². The lowest BCUT2D eigenvalue weighted by atomic mass is 9.84. The largest absolute Gasteiger partial charge is 0.465 e. The number of carbonyl (C=O) groups is 5. The number of imide groups is 2. The first-order valence-electron chi connectivity index (χ1n) is 32.6. The van der Waals surface area contributed by atoms with Gasteiger partial charge in [-0.1, -0.05) is 206 Å². The first-order chi connectivity index (χ1) is 38.5. The van der Waals surface area contributed by atoms with Crippen LogP contribution >= 0.6 is 0 Å².